The molecular formula is C22H26BN5O3. The number of carbonyl (C=O) groups excluding carboxylic acids is 1. The highest BCUT2D eigenvalue weighted by molar-refractivity contribution is 6.55. The number of nitrogens with two attached hydrogens (primary N) is 1. The number of nitrogens with zero attached hydrogens (tertiary/aromatic N) is 3. The van der Waals surface area contributed by atoms with Crippen LogP contribution >= 0.6 is 0 Å². The summed E-state index contributed by atoms with van der Waals surface area (Å²) in [4.78, 5) is 12.0. The maximum Gasteiger partial charge on any atom is 0.556 e. The zero-order chi connectivity index (χ0) is 22.3. The number of rotatable bonds is 4. The molecular weight excluding hydrogens is 393 g/mol. The summed E-state index contributed by atoms with van der Waals surface area (Å²) < 4.78 is 7.36. The predicted molar refractivity (Wildman–Crippen MR) is 118 cm³/mol. The van der Waals surface area contributed by atoms with Crippen molar-refractivity contribution in [1.82, 2.24) is 9.78 Å². The average molecular weight is 419 g/mol. The van der Waals surface area contributed by atoms with Gasteiger partial charge in [-0.15, -0.1) is 0 Å². The molecule has 4 N–H and O–H groups in total. The Labute approximate surface area is 181 Å². The number of aromatic nitrogens is 2. The number of allylic oxidation sites excluding steroid dienone is 1. The number of carbonyl (C=O) groups is 1. The van der Waals surface area contributed by atoms with E-state index >= 15 is 0 Å². The van der Waals surface area contributed by atoms with E-state index in [0.29, 0.717) is 17.3 Å². The Balaban J connectivity index is 1.66. The normalized spacial score (nSPS) is 20.5. The molecule has 1 saturated carbocycles. The van der Waals surface area contributed by atoms with Crippen LogP contribution in [0.1, 0.15) is 62.0 Å². The van der Waals surface area contributed by atoms with Gasteiger partial charge in [-0.25, -0.2) is 0 Å². The Kier molecular flexibility index (Phi) is 5.27. The van der Waals surface area contributed by atoms with E-state index in [-0.39, 0.29) is 22.9 Å². The van der Waals surface area contributed by atoms with E-state index in [0.717, 1.165) is 30.3 Å². The van der Waals surface area contributed by atoms with Gasteiger partial charge in [0.05, 0.1) is 18.0 Å². The molecule has 1 aromatic heterocycles. The lowest BCUT2D eigenvalue weighted by molar-refractivity contribution is 0.100. The van der Waals surface area contributed by atoms with Gasteiger partial charge in [-0.2, -0.15) is 10.4 Å². The van der Waals surface area contributed by atoms with Crippen LogP contribution in [0.25, 0.3) is 6.08 Å². The summed E-state index contributed by atoms with van der Waals surface area (Å²) in [5.74, 6) is 0.226. The minimum absolute atomic E-state index is 0.0608. The van der Waals surface area contributed by atoms with Gasteiger partial charge in [0, 0.05) is 17.4 Å². The standard InChI is InChI=1S/C22H26BN5O3/c1-22(2,3)19-10-14-9-15(7-8-18(14)31-23(19)30)26-21-16(20(25)29)12-28(27-21)17-6-4-5-13(17)11-24/h7-10,12-13,17,30H,4-6H2,1-3H3,(H2,25,29)(H,26,27)/t13?,17-/m0/s1. The number of nitrogens with one attached hydrogen (secondary N) is 1. The molecule has 0 spiro atoms. The van der Waals surface area contributed by atoms with E-state index in [1.54, 1.807) is 23.0 Å². The van der Waals surface area contributed by atoms with E-state index < -0.39 is 13.0 Å². The third-order valence-corrected chi connectivity index (χ3v) is 5.94. The fourth-order valence-electron chi connectivity index (χ4n) is 4.23. The quantitative estimate of drug-likeness (QED) is 0.652. The molecule has 0 bridgehead atoms. The van der Waals surface area contributed by atoms with Gasteiger partial charge in [0.1, 0.15) is 11.3 Å². The van der Waals surface area contributed by atoms with Crippen LogP contribution in [0.3, 0.4) is 0 Å². The number of anilines is 2. The summed E-state index contributed by atoms with van der Waals surface area (Å²) in [5.41, 5.74) is 7.92. The highest BCUT2D eigenvalue weighted by Crippen LogP contribution is 2.38. The average Bonchev–Trinajstić information content (AvgIpc) is 3.33. The molecule has 0 saturated heterocycles. The lowest BCUT2D eigenvalue weighted by Gasteiger charge is -2.29. The van der Waals surface area contributed by atoms with Gasteiger partial charge in [0.15, 0.2) is 5.82 Å². The lowest BCUT2D eigenvalue weighted by Crippen LogP contribution is -2.34. The van der Waals surface area contributed by atoms with Gasteiger partial charge in [-0.05, 0) is 48.3 Å². The molecule has 8 nitrogen and oxygen atoms in total. The van der Waals surface area contributed by atoms with Crippen LogP contribution in [0.15, 0.2) is 29.9 Å². The molecule has 1 fully saturated rings. The van der Waals surface area contributed by atoms with Crippen LogP contribution in [0.5, 0.6) is 5.75 Å². The van der Waals surface area contributed by atoms with Crippen molar-refractivity contribution in [3.8, 4) is 11.8 Å². The van der Waals surface area contributed by atoms with E-state index in [1.165, 1.54) is 0 Å². The van der Waals surface area contributed by atoms with Crippen molar-refractivity contribution in [1.29, 1.82) is 5.26 Å². The molecule has 2 atom stereocenters. The van der Waals surface area contributed by atoms with Crippen molar-refractivity contribution in [3.05, 3.63) is 41.0 Å². The summed E-state index contributed by atoms with van der Waals surface area (Å²) >= 11 is 0. The molecule has 1 amide bonds. The van der Waals surface area contributed by atoms with Gasteiger partial charge in [-0.3, -0.25) is 9.48 Å². The number of hydrogen-bond donors (Lipinski definition) is 3. The monoisotopic (exact) mass is 419 g/mol. The molecule has 31 heavy (non-hydrogen) atoms. The molecule has 1 aromatic carbocycles. The number of primary amides is 1. The third-order valence-electron chi connectivity index (χ3n) is 5.94. The molecule has 2 aromatic rings. The minimum atomic E-state index is -0.983. The molecule has 2 heterocycles. The van der Waals surface area contributed by atoms with Crippen molar-refractivity contribution < 1.29 is 14.5 Å². The number of amides is 1. The SMILES string of the molecule is CC(C)(C)C1=Cc2cc(Nc3nn([C@H]4CCCC4C#N)cc3C(N)=O)ccc2OB1O. The van der Waals surface area contributed by atoms with Crippen LogP contribution < -0.4 is 15.7 Å². The van der Waals surface area contributed by atoms with Crippen molar-refractivity contribution in [3.63, 3.8) is 0 Å². The maximum absolute atomic E-state index is 12.0. The first-order valence-electron chi connectivity index (χ1n) is 10.4. The van der Waals surface area contributed by atoms with E-state index in [2.05, 4.69) is 16.5 Å². The van der Waals surface area contributed by atoms with E-state index in [4.69, 9.17) is 10.4 Å². The van der Waals surface area contributed by atoms with E-state index in [1.807, 2.05) is 32.9 Å². The van der Waals surface area contributed by atoms with Crippen LogP contribution in [-0.2, 0) is 0 Å². The van der Waals surface area contributed by atoms with Gasteiger partial charge in [0.25, 0.3) is 5.91 Å². The van der Waals surface area contributed by atoms with Crippen molar-refractivity contribution in [2.45, 2.75) is 46.1 Å². The molecule has 160 valence electrons. The molecule has 4 rings (SSSR count). The first kappa shape index (κ1) is 21.0. The number of nitriles is 1. The Bertz CT molecular complexity index is 1100. The summed E-state index contributed by atoms with van der Waals surface area (Å²) in [6.07, 6.45) is 6.18. The number of hydrogen-bond acceptors (Lipinski definition) is 6. The first-order chi connectivity index (χ1) is 14.7. The Morgan fingerprint density at radius 2 is 2.19 bits per heavy atom. The predicted octanol–water partition coefficient (Wildman–Crippen LogP) is 3.43. The van der Waals surface area contributed by atoms with Crippen LogP contribution in [0.4, 0.5) is 11.5 Å². The molecule has 1 aliphatic heterocycles. The lowest BCUT2D eigenvalue weighted by atomic mass is 9.63. The Hall–Kier alpha value is -3.25. The van der Waals surface area contributed by atoms with Gasteiger partial charge >= 0.3 is 7.12 Å². The largest absolute Gasteiger partial charge is 0.556 e. The second-order valence-electron chi connectivity index (χ2n) is 9.17. The molecule has 0 radical (unpaired) electrons. The van der Waals surface area contributed by atoms with Gasteiger partial charge in [-0.1, -0.05) is 26.8 Å². The number of benzene rings is 1. The second kappa shape index (κ2) is 7.78. The van der Waals surface area contributed by atoms with Crippen LogP contribution in [-0.4, -0.2) is 27.8 Å². The summed E-state index contributed by atoms with van der Waals surface area (Å²) in [5, 5.41) is 27.4. The van der Waals surface area contributed by atoms with Crippen molar-refractivity contribution >= 4 is 30.6 Å². The highest BCUT2D eigenvalue weighted by atomic mass is 16.5. The minimum Gasteiger partial charge on any atom is -0.532 e. The molecule has 9 heteroatoms. The van der Waals surface area contributed by atoms with Crippen molar-refractivity contribution in [2.24, 2.45) is 17.1 Å². The third kappa shape index (κ3) is 4.03. The fourth-order valence-corrected chi connectivity index (χ4v) is 4.23. The maximum atomic E-state index is 12.0. The fraction of sp³-hybridized carbons (Fsp3) is 0.409. The van der Waals surface area contributed by atoms with Gasteiger partial charge in [0.2, 0.25) is 0 Å². The highest BCUT2D eigenvalue weighted by Gasteiger charge is 2.35. The number of fused-ring (bicyclic) bond motifs is 1. The molecule has 1 unspecified atom stereocenters. The van der Waals surface area contributed by atoms with E-state index in [9.17, 15) is 15.1 Å². The smallest absolute Gasteiger partial charge is 0.532 e. The summed E-state index contributed by atoms with van der Waals surface area (Å²) in [6.45, 7) is 6.05. The Morgan fingerprint density at radius 3 is 2.87 bits per heavy atom. The van der Waals surface area contributed by atoms with Crippen LogP contribution in [0.2, 0.25) is 0 Å². The van der Waals surface area contributed by atoms with Crippen LogP contribution in [0, 0.1) is 22.7 Å². The zero-order valence-corrected chi connectivity index (χ0v) is 17.9. The van der Waals surface area contributed by atoms with Gasteiger partial charge < -0.3 is 20.7 Å². The topological polar surface area (TPSA) is 126 Å². The Morgan fingerprint density at radius 1 is 1.42 bits per heavy atom. The zero-order valence-electron chi connectivity index (χ0n) is 17.9. The first-order valence-corrected chi connectivity index (χ1v) is 10.4. The summed E-state index contributed by atoms with van der Waals surface area (Å²) in [7, 11) is -0.983. The van der Waals surface area contributed by atoms with Crippen molar-refractivity contribution in [2.75, 3.05) is 5.32 Å². The summed E-state index contributed by atoms with van der Waals surface area (Å²) in [6, 6.07) is 7.71. The molecule has 2 aliphatic rings. The second-order valence-corrected chi connectivity index (χ2v) is 9.17. The molecule has 1 aliphatic carbocycles.